The maximum atomic E-state index is 11.2. The van der Waals surface area contributed by atoms with Crippen LogP contribution >= 0.6 is 0 Å². The number of carbonyl (C=O) groups is 1. The number of hydrogen-bond acceptors (Lipinski definition) is 4. The molecule has 0 atom stereocenters. The number of carbonyl (C=O) groups excluding carboxylic acids is 1. The van der Waals surface area contributed by atoms with Crippen molar-refractivity contribution in [1.29, 1.82) is 5.26 Å². The maximum absolute atomic E-state index is 11.2. The highest BCUT2D eigenvalue weighted by molar-refractivity contribution is 6.00. The van der Waals surface area contributed by atoms with Crippen molar-refractivity contribution in [3.8, 4) is 23.3 Å². The van der Waals surface area contributed by atoms with Gasteiger partial charge in [0.25, 0.3) is 5.91 Å². The second-order valence-corrected chi connectivity index (χ2v) is 5.23. The molecule has 23 heavy (non-hydrogen) atoms. The molecule has 2 heterocycles. The van der Waals surface area contributed by atoms with Gasteiger partial charge in [0.1, 0.15) is 11.6 Å². The normalized spacial score (nSPS) is 13.0. The quantitative estimate of drug-likeness (QED) is 0.695. The molecule has 0 saturated carbocycles. The number of benzene rings is 1. The molecular formula is C17H15N3O3. The Labute approximate surface area is 133 Å². The van der Waals surface area contributed by atoms with Crippen molar-refractivity contribution >= 4 is 12.0 Å². The summed E-state index contributed by atoms with van der Waals surface area (Å²) >= 11 is 0. The van der Waals surface area contributed by atoms with Crippen LogP contribution in [-0.2, 0) is 4.79 Å². The van der Waals surface area contributed by atoms with E-state index in [1.807, 2.05) is 48.7 Å². The Morgan fingerprint density at radius 2 is 2.04 bits per heavy atom. The Kier molecular flexibility index (Phi) is 3.54. The molecule has 1 aromatic heterocycles. The van der Waals surface area contributed by atoms with Gasteiger partial charge in [-0.05, 0) is 43.7 Å². The second-order valence-electron chi connectivity index (χ2n) is 5.23. The number of rotatable bonds is 3. The van der Waals surface area contributed by atoms with Crippen molar-refractivity contribution in [3.63, 3.8) is 0 Å². The second kappa shape index (κ2) is 5.54. The Hall–Kier alpha value is -3.20. The third-order valence-corrected chi connectivity index (χ3v) is 3.77. The molecule has 0 aliphatic carbocycles. The molecule has 2 N–H and O–H groups in total. The van der Waals surface area contributed by atoms with Crippen molar-refractivity contribution in [2.24, 2.45) is 5.73 Å². The summed E-state index contributed by atoms with van der Waals surface area (Å²) < 4.78 is 12.7. The predicted molar refractivity (Wildman–Crippen MR) is 84.2 cm³/mol. The predicted octanol–water partition coefficient (Wildman–Crippen LogP) is 2.22. The van der Waals surface area contributed by atoms with Crippen molar-refractivity contribution < 1.29 is 14.3 Å². The van der Waals surface area contributed by atoms with E-state index in [2.05, 4.69) is 0 Å². The lowest BCUT2D eigenvalue weighted by atomic mass is 10.1. The molecule has 0 radical (unpaired) electrons. The summed E-state index contributed by atoms with van der Waals surface area (Å²) in [5, 5.41) is 8.99. The van der Waals surface area contributed by atoms with Crippen LogP contribution in [0.4, 0.5) is 0 Å². The molecule has 1 aliphatic heterocycles. The molecule has 6 nitrogen and oxygen atoms in total. The van der Waals surface area contributed by atoms with Crippen LogP contribution in [0.3, 0.4) is 0 Å². The highest BCUT2D eigenvalue weighted by Gasteiger charge is 2.17. The summed E-state index contributed by atoms with van der Waals surface area (Å²) in [4.78, 5) is 11.2. The van der Waals surface area contributed by atoms with Crippen LogP contribution in [0.25, 0.3) is 11.8 Å². The standard InChI is InChI=1S/C17H15N3O3/c1-10-5-12(6-13(8-18)17(19)21)11(2)20(10)14-3-4-15-16(7-14)23-9-22-15/h3-7H,9H2,1-2H3,(H2,19,21)/b13-6-. The van der Waals surface area contributed by atoms with E-state index in [1.165, 1.54) is 6.08 Å². The van der Waals surface area contributed by atoms with Gasteiger partial charge in [0.05, 0.1) is 0 Å². The first kappa shape index (κ1) is 14.7. The van der Waals surface area contributed by atoms with Gasteiger partial charge in [-0.1, -0.05) is 0 Å². The van der Waals surface area contributed by atoms with Crippen molar-refractivity contribution in [2.75, 3.05) is 6.79 Å². The minimum atomic E-state index is -0.736. The molecule has 0 saturated heterocycles. The van der Waals surface area contributed by atoms with E-state index in [0.717, 1.165) is 28.4 Å². The SMILES string of the molecule is Cc1cc(/C=C(/C#N)C(N)=O)c(C)n1-c1ccc2c(c1)OCO2. The van der Waals surface area contributed by atoms with Crippen LogP contribution < -0.4 is 15.2 Å². The van der Waals surface area contributed by atoms with Gasteiger partial charge >= 0.3 is 0 Å². The molecule has 0 unspecified atom stereocenters. The van der Waals surface area contributed by atoms with E-state index in [1.54, 1.807) is 0 Å². The summed E-state index contributed by atoms with van der Waals surface area (Å²) in [6.07, 6.45) is 1.51. The molecular weight excluding hydrogens is 294 g/mol. The average Bonchev–Trinajstić information content (AvgIpc) is 3.08. The molecule has 3 rings (SSSR count). The van der Waals surface area contributed by atoms with Crippen LogP contribution in [-0.4, -0.2) is 17.3 Å². The number of hydrogen-bond donors (Lipinski definition) is 1. The number of nitrogens with two attached hydrogens (primary N) is 1. The summed E-state index contributed by atoms with van der Waals surface area (Å²) in [5.74, 6) is 0.680. The number of primary amides is 1. The summed E-state index contributed by atoms with van der Waals surface area (Å²) in [6, 6.07) is 9.41. The van der Waals surface area contributed by atoms with Crippen LogP contribution in [0.2, 0.25) is 0 Å². The van der Waals surface area contributed by atoms with Gasteiger partial charge in [-0.2, -0.15) is 5.26 Å². The molecule has 1 aromatic carbocycles. The molecule has 116 valence electrons. The number of ether oxygens (including phenoxy) is 2. The first-order valence-corrected chi connectivity index (χ1v) is 7.02. The van der Waals surface area contributed by atoms with Crippen LogP contribution in [0.15, 0.2) is 29.8 Å². The lowest BCUT2D eigenvalue weighted by Crippen LogP contribution is -2.12. The molecule has 0 fully saturated rings. The summed E-state index contributed by atoms with van der Waals surface area (Å²) in [7, 11) is 0. The highest BCUT2D eigenvalue weighted by atomic mass is 16.7. The molecule has 6 heteroatoms. The van der Waals surface area contributed by atoms with E-state index < -0.39 is 5.91 Å². The highest BCUT2D eigenvalue weighted by Crippen LogP contribution is 2.35. The first-order valence-electron chi connectivity index (χ1n) is 7.02. The van der Waals surface area contributed by atoms with E-state index in [0.29, 0.717) is 5.75 Å². The Balaban J connectivity index is 2.09. The molecule has 0 spiro atoms. The zero-order valence-electron chi connectivity index (χ0n) is 12.8. The van der Waals surface area contributed by atoms with Gasteiger partial charge in [-0.25, -0.2) is 0 Å². The van der Waals surface area contributed by atoms with E-state index in [4.69, 9.17) is 20.5 Å². The molecule has 1 amide bonds. The fourth-order valence-electron chi connectivity index (χ4n) is 2.67. The van der Waals surface area contributed by atoms with Crippen LogP contribution in [0.1, 0.15) is 17.0 Å². The number of aryl methyl sites for hydroxylation is 1. The molecule has 0 bridgehead atoms. The Morgan fingerprint density at radius 3 is 2.74 bits per heavy atom. The average molecular weight is 309 g/mol. The van der Waals surface area contributed by atoms with Gasteiger partial charge in [0, 0.05) is 23.1 Å². The minimum absolute atomic E-state index is 0.0732. The third kappa shape index (κ3) is 2.53. The lowest BCUT2D eigenvalue weighted by molar-refractivity contribution is -0.114. The number of aromatic nitrogens is 1. The van der Waals surface area contributed by atoms with Gasteiger partial charge < -0.3 is 19.8 Å². The van der Waals surface area contributed by atoms with E-state index in [9.17, 15) is 4.79 Å². The van der Waals surface area contributed by atoms with Gasteiger partial charge in [0.2, 0.25) is 6.79 Å². The zero-order chi connectivity index (χ0) is 16.6. The van der Waals surface area contributed by atoms with E-state index in [-0.39, 0.29) is 12.4 Å². The number of fused-ring (bicyclic) bond motifs is 1. The smallest absolute Gasteiger partial charge is 0.259 e. The van der Waals surface area contributed by atoms with Crippen LogP contribution in [0.5, 0.6) is 11.5 Å². The number of amides is 1. The summed E-state index contributed by atoms with van der Waals surface area (Å²) in [6.45, 7) is 4.09. The van der Waals surface area contributed by atoms with Crippen molar-refractivity contribution in [3.05, 3.63) is 46.8 Å². The number of nitrogens with zero attached hydrogens (tertiary/aromatic N) is 2. The summed E-state index contributed by atoms with van der Waals surface area (Å²) in [5.41, 5.74) is 8.68. The van der Waals surface area contributed by atoms with Crippen molar-refractivity contribution in [2.45, 2.75) is 13.8 Å². The van der Waals surface area contributed by atoms with Gasteiger partial charge in [-0.3, -0.25) is 4.79 Å². The molecule has 2 aromatic rings. The topological polar surface area (TPSA) is 90.3 Å². The Bertz CT molecular complexity index is 872. The third-order valence-electron chi connectivity index (χ3n) is 3.77. The van der Waals surface area contributed by atoms with Gasteiger partial charge in [0.15, 0.2) is 11.5 Å². The minimum Gasteiger partial charge on any atom is -0.454 e. The lowest BCUT2D eigenvalue weighted by Gasteiger charge is -2.10. The monoisotopic (exact) mass is 309 g/mol. The largest absolute Gasteiger partial charge is 0.454 e. The van der Waals surface area contributed by atoms with Crippen molar-refractivity contribution in [1.82, 2.24) is 4.57 Å². The Morgan fingerprint density at radius 1 is 1.30 bits per heavy atom. The number of nitriles is 1. The first-order chi connectivity index (χ1) is 11.0. The zero-order valence-corrected chi connectivity index (χ0v) is 12.8. The van der Waals surface area contributed by atoms with Gasteiger partial charge in [-0.15, -0.1) is 0 Å². The fraction of sp³-hybridized carbons (Fsp3) is 0.176. The van der Waals surface area contributed by atoms with Crippen LogP contribution in [0, 0.1) is 25.2 Å². The van der Waals surface area contributed by atoms with E-state index >= 15 is 0 Å². The molecule has 1 aliphatic rings. The fourth-order valence-corrected chi connectivity index (χ4v) is 2.67. The maximum Gasteiger partial charge on any atom is 0.259 e.